The van der Waals surface area contributed by atoms with E-state index in [1.54, 1.807) is 35.2 Å². The van der Waals surface area contributed by atoms with Crippen molar-refractivity contribution in [1.29, 1.82) is 0 Å². The van der Waals surface area contributed by atoms with E-state index in [0.29, 0.717) is 23.9 Å². The number of carbonyl (C=O) groups excluding carboxylic acids is 1. The molecule has 1 fully saturated rings. The number of amides is 1. The summed E-state index contributed by atoms with van der Waals surface area (Å²) in [5.41, 5.74) is 3.96. The first-order chi connectivity index (χ1) is 17.0. The number of hydrogen-bond acceptors (Lipinski definition) is 5. The molecular formula is C27H24ClN5O2. The summed E-state index contributed by atoms with van der Waals surface area (Å²) in [6.07, 6.45) is 4.20. The molecule has 2 N–H and O–H groups in total. The number of hydrogen-bond donors (Lipinski definition) is 2. The number of carbonyl (C=O) groups is 1. The van der Waals surface area contributed by atoms with Crippen LogP contribution in [0.3, 0.4) is 0 Å². The molecule has 2 unspecified atom stereocenters. The predicted octanol–water partition coefficient (Wildman–Crippen LogP) is 4.69. The van der Waals surface area contributed by atoms with Gasteiger partial charge in [0.1, 0.15) is 0 Å². The van der Waals surface area contributed by atoms with Crippen molar-refractivity contribution in [2.45, 2.75) is 25.4 Å². The number of rotatable bonds is 8. The summed E-state index contributed by atoms with van der Waals surface area (Å²) >= 11 is 6.07. The number of halogens is 1. The first-order valence-corrected chi connectivity index (χ1v) is 11.8. The molecule has 7 nitrogen and oxygen atoms in total. The summed E-state index contributed by atoms with van der Waals surface area (Å²) < 4.78 is 1.67. The smallest absolute Gasteiger partial charge is 0.250 e. The number of nitrogens with zero attached hydrogens (tertiary/aromatic N) is 3. The monoisotopic (exact) mass is 485 g/mol. The van der Waals surface area contributed by atoms with E-state index in [9.17, 15) is 9.59 Å². The minimum absolute atomic E-state index is 0.0204. The first kappa shape index (κ1) is 22.8. The van der Waals surface area contributed by atoms with Gasteiger partial charge in [-0.25, -0.2) is 0 Å². The molecule has 1 aliphatic carbocycles. The van der Waals surface area contributed by atoms with E-state index in [4.69, 9.17) is 11.6 Å². The molecule has 2 heterocycles. The van der Waals surface area contributed by atoms with Crippen molar-refractivity contribution in [1.82, 2.24) is 14.8 Å². The molecule has 0 spiro atoms. The van der Waals surface area contributed by atoms with E-state index in [2.05, 4.69) is 20.8 Å². The highest BCUT2D eigenvalue weighted by molar-refractivity contribution is 6.30. The summed E-state index contributed by atoms with van der Waals surface area (Å²) in [7, 11) is 0. The third kappa shape index (κ3) is 5.75. The van der Waals surface area contributed by atoms with Crippen LogP contribution in [0.5, 0.6) is 0 Å². The van der Waals surface area contributed by atoms with E-state index in [1.165, 1.54) is 0 Å². The molecule has 0 radical (unpaired) electrons. The van der Waals surface area contributed by atoms with Crippen molar-refractivity contribution < 1.29 is 4.79 Å². The Labute approximate surface area is 207 Å². The average molecular weight is 486 g/mol. The third-order valence-electron chi connectivity index (χ3n) is 6.08. The van der Waals surface area contributed by atoms with E-state index >= 15 is 0 Å². The van der Waals surface area contributed by atoms with E-state index in [1.807, 2.05) is 54.6 Å². The highest BCUT2D eigenvalue weighted by Crippen LogP contribution is 2.48. The van der Waals surface area contributed by atoms with Crippen molar-refractivity contribution >= 4 is 29.0 Å². The molecule has 0 saturated heterocycles. The van der Waals surface area contributed by atoms with Crippen molar-refractivity contribution in [3.8, 4) is 0 Å². The van der Waals surface area contributed by atoms with Crippen molar-refractivity contribution in [3.63, 3.8) is 0 Å². The Morgan fingerprint density at radius 3 is 2.66 bits per heavy atom. The summed E-state index contributed by atoms with van der Waals surface area (Å²) in [6, 6.07) is 22.6. The minimum Gasteiger partial charge on any atom is -0.380 e. The first-order valence-electron chi connectivity index (χ1n) is 11.4. The van der Waals surface area contributed by atoms with Gasteiger partial charge in [0.2, 0.25) is 5.91 Å². The molecule has 1 saturated carbocycles. The zero-order chi connectivity index (χ0) is 24.2. The molecule has 4 aromatic rings. The summed E-state index contributed by atoms with van der Waals surface area (Å²) in [4.78, 5) is 24.6. The van der Waals surface area contributed by atoms with Crippen molar-refractivity contribution in [3.05, 3.63) is 117 Å². The number of nitrogens with one attached hydrogen (secondary N) is 2. The molecule has 176 valence electrons. The van der Waals surface area contributed by atoms with Gasteiger partial charge in [0.15, 0.2) is 5.82 Å². The van der Waals surface area contributed by atoms with Gasteiger partial charge in [-0.15, -0.1) is 5.10 Å². The van der Waals surface area contributed by atoms with Gasteiger partial charge in [-0.3, -0.25) is 9.59 Å². The molecule has 8 heteroatoms. The quantitative estimate of drug-likeness (QED) is 0.378. The van der Waals surface area contributed by atoms with E-state index < -0.39 is 0 Å². The number of anilines is 2. The van der Waals surface area contributed by atoms with Gasteiger partial charge in [-0.1, -0.05) is 54.1 Å². The van der Waals surface area contributed by atoms with Gasteiger partial charge in [-0.2, -0.15) is 5.10 Å². The van der Waals surface area contributed by atoms with Crippen LogP contribution < -0.4 is 16.2 Å². The second-order valence-electron chi connectivity index (χ2n) is 8.66. The zero-order valence-electron chi connectivity index (χ0n) is 18.9. The maximum Gasteiger partial charge on any atom is 0.250 e. The van der Waals surface area contributed by atoms with Gasteiger partial charge < -0.3 is 15.2 Å². The lowest BCUT2D eigenvalue weighted by molar-refractivity contribution is -0.117. The van der Waals surface area contributed by atoms with Crippen LogP contribution >= 0.6 is 11.6 Å². The maximum absolute atomic E-state index is 12.7. The Bertz CT molecular complexity index is 1400. The second kappa shape index (κ2) is 10.1. The predicted molar refractivity (Wildman–Crippen MR) is 137 cm³/mol. The van der Waals surface area contributed by atoms with Crippen LogP contribution in [0.2, 0.25) is 5.02 Å². The van der Waals surface area contributed by atoms with Gasteiger partial charge in [-0.05, 0) is 47.2 Å². The molecule has 1 amide bonds. The van der Waals surface area contributed by atoms with Crippen LogP contribution in [0, 0.1) is 5.92 Å². The lowest BCUT2D eigenvalue weighted by Gasteiger charge is -2.10. The highest BCUT2D eigenvalue weighted by Gasteiger charge is 2.44. The van der Waals surface area contributed by atoms with E-state index in [0.717, 1.165) is 28.8 Å². The Hall–Kier alpha value is -3.97. The highest BCUT2D eigenvalue weighted by atomic mass is 35.5. The van der Waals surface area contributed by atoms with Crippen LogP contribution in [0.4, 0.5) is 11.5 Å². The van der Waals surface area contributed by atoms with Crippen LogP contribution in [0.1, 0.15) is 29.0 Å². The van der Waals surface area contributed by atoms with E-state index in [-0.39, 0.29) is 23.3 Å². The van der Waals surface area contributed by atoms with Crippen LogP contribution in [0.15, 0.2) is 90.0 Å². The Balaban J connectivity index is 1.14. The largest absolute Gasteiger partial charge is 0.380 e. The molecular weight excluding hydrogens is 462 g/mol. The third-order valence-corrected chi connectivity index (χ3v) is 6.32. The Kier molecular flexibility index (Phi) is 6.59. The lowest BCUT2D eigenvalue weighted by Crippen LogP contribution is -2.18. The SMILES string of the molecule is O=C(Nc1cc(NCc2ccc(Cn3ccccc3=O)cc2)cnn1)C1CC1c1cccc(Cl)c1. The van der Waals surface area contributed by atoms with Crippen LogP contribution in [-0.2, 0) is 17.9 Å². The maximum atomic E-state index is 12.7. The number of aromatic nitrogens is 3. The van der Waals surface area contributed by atoms with Gasteiger partial charge in [0.05, 0.1) is 18.4 Å². The zero-order valence-corrected chi connectivity index (χ0v) is 19.7. The van der Waals surface area contributed by atoms with Gasteiger partial charge in [0.25, 0.3) is 5.56 Å². The molecule has 0 aliphatic heterocycles. The standard InChI is InChI=1S/C27H24ClN5O2/c28-21-5-3-4-20(12-21)23-14-24(23)27(35)31-25-13-22(16-30-32-25)29-15-18-7-9-19(10-8-18)17-33-11-2-1-6-26(33)34/h1-13,16,23-24H,14-15,17H2,(H2,29,31,32,35). The summed E-state index contributed by atoms with van der Waals surface area (Å²) in [5, 5.41) is 14.9. The van der Waals surface area contributed by atoms with Crippen molar-refractivity contribution in [2.24, 2.45) is 5.92 Å². The number of benzene rings is 2. The lowest BCUT2D eigenvalue weighted by atomic mass is 10.1. The minimum atomic E-state index is -0.0860. The molecule has 5 rings (SSSR count). The molecule has 2 atom stereocenters. The normalized spacial score (nSPS) is 16.5. The molecule has 2 aromatic heterocycles. The Morgan fingerprint density at radius 2 is 1.86 bits per heavy atom. The molecule has 1 aliphatic rings. The summed E-state index contributed by atoms with van der Waals surface area (Å²) in [6.45, 7) is 1.12. The fourth-order valence-electron chi connectivity index (χ4n) is 4.09. The molecule has 35 heavy (non-hydrogen) atoms. The Morgan fingerprint density at radius 1 is 1.03 bits per heavy atom. The second-order valence-corrected chi connectivity index (χ2v) is 9.10. The topological polar surface area (TPSA) is 88.9 Å². The van der Waals surface area contributed by atoms with Crippen LogP contribution in [-0.4, -0.2) is 20.7 Å². The fraction of sp³-hybridized carbons (Fsp3) is 0.185. The van der Waals surface area contributed by atoms with Crippen molar-refractivity contribution in [2.75, 3.05) is 10.6 Å². The van der Waals surface area contributed by atoms with Gasteiger partial charge in [0, 0.05) is 35.8 Å². The van der Waals surface area contributed by atoms with Crippen LogP contribution in [0.25, 0.3) is 0 Å². The van der Waals surface area contributed by atoms with Gasteiger partial charge >= 0.3 is 0 Å². The molecule has 2 aromatic carbocycles. The molecule has 0 bridgehead atoms. The average Bonchev–Trinajstić information content (AvgIpc) is 3.67. The fourth-order valence-corrected chi connectivity index (χ4v) is 4.29. The number of pyridine rings is 1. The summed E-state index contributed by atoms with van der Waals surface area (Å²) in [5.74, 6) is 0.457.